The molecule has 3 aliphatic heterocycles. The first kappa shape index (κ1) is 26.0. The van der Waals surface area contributed by atoms with Gasteiger partial charge in [0.05, 0.1) is 16.9 Å². The first-order chi connectivity index (χ1) is 20.3. The van der Waals surface area contributed by atoms with Gasteiger partial charge in [-0.05, 0) is 35.4 Å². The second-order valence-corrected chi connectivity index (χ2v) is 11.5. The van der Waals surface area contributed by atoms with E-state index in [1.54, 1.807) is 48.5 Å². The molecule has 0 radical (unpaired) electrons. The molecule has 9 heteroatoms. The topological polar surface area (TPSA) is 110 Å². The summed E-state index contributed by atoms with van der Waals surface area (Å²) < 4.78 is 0.798. The average Bonchev–Trinajstić information content (AvgIpc) is 3.48. The average molecular weight is 620 g/mol. The molecule has 1 spiro atoms. The number of ketones is 2. The van der Waals surface area contributed by atoms with E-state index in [2.05, 4.69) is 21.2 Å². The summed E-state index contributed by atoms with van der Waals surface area (Å²) in [7, 11) is 0. The standard InChI is InChI=1S/C33H22BrN3O5/c34-22-15-12-20(13-16-22)30(39)31-33(24-9-2-3-10-25(24)35-32(33)40)28(29(38)21-7-5-8-23(18-21)37(41)42)27-17-14-19-6-1-4-11-26(19)36(27)31/h1-18,27-28,31H,(H,35,40)/t27-,28-,31-,33-/m0/s1. The number of nitro benzene ring substituents is 1. The third kappa shape index (κ3) is 3.63. The first-order valence-electron chi connectivity index (χ1n) is 13.4. The number of carbonyl (C=O) groups excluding carboxylic acids is 3. The molecule has 4 aromatic carbocycles. The predicted octanol–water partition coefficient (Wildman–Crippen LogP) is 6.21. The Balaban J connectivity index is 1.53. The van der Waals surface area contributed by atoms with Gasteiger partial charge in [-0.15, -0.1) is 0 Å². The molecule has 3 heterocycles. The zero-order chi connectivity index (χ0) is 29.2. The Morgan fingerprint density at radius 1 is 0.881 bits per heavy atom. The van der Waals surface area contributed by atoms with Gasteiger partial charge in [-0.25, -0.2) is 0 Å². The third-order valence-corrected chi connectivity index (χ3v) is 9.08. The van der Waals surface area contributed by atoms with Crippen molar-refractivity contribution in [3.63, 3.8) is 0 Å². The normalized spacial score (nSPS) is 23.2. The van der Waals surface area contributed by atoms with E-state index in [1.165, 1.54) is 24.3 Å². The van der Waals surface area contributed by atoms with Gasteiger partial charge in [0.25, 0.3) is 5.69 Å². The SMILES string of the molecule is O=C(c1cccc([N+](=O)[O-])c1)[C@@H]1[C@@H]2C=Cc3ccccc3N2[C@@H](C(=O)c2ccc(Br)cc2)[C@@]12C(=O)Nc1ccccc12. The Morgan fingerprint density at radius 2 is 1.62 bits per heavy atom. The molecule has 3 aliphatic rings. The lowest BCUT2D eigenvalue weighted by Gasteiger charge is -2.37. The van der Waals surface area contributed by atoms with Crippen molar-refractivity contribution in [2.24, 2.45) is 5.92 Å². The molecular weight excluding hydrogens is 598 g/mol. The molecule has 0 bridgehead atoms. The number of non-ortho nitro benzene ring substituents is 1. The van der Waals surface area contributed by atoms with Gasteiger partial charge in [0.1, 0.15) is 11.5 Å². The van der Waals surface area contributed by atoms with E-state index in [-0.39, 0.29) is 17.0 Å². The highest BCUT2D eigenvalue weighted by Gasteiger charge is 2.71. The number of nitro groups is 1. The van der Waals surface area contributed by atoms with Crippen LogP contribution in [0.4, 0.5) is 17.1 Å². The van der Waals surface area contributed by atoms with Crippen LogP contribution in [-0.4, -0.2) is 34.5 Å². The van der Waals surface area contributed by atoms with Crippen LogP contribution in [0.3, 0.4) is 0 Å². The van der Waals surface area contributed by atoms with Crippen molar-refractivity contribution in [1.82, 2.24) is 0 Å². The molecular formula is C33H22BrN3O5. The first-order valence-corrected chi connectivity index (χ1v) is 14.2. The highest BCUT2D eigenvalue weighted by molar-refractivity contribution is 9.10. The van der Waals surface area contributed by atoms with Crippen LogP contribution < -0.4 is 10.2 Å². The zero-order valence-electron chi connectivity index (χ0n) is 21.9. The van der Waals surface area contributed by atoms with Crippen molar-refractivity contribution in [3.8, 4) is 0 Å². The van der Waals surface area contributed by atoms with Gasteiger partial charge < -0.3 is 10.2 Å². The number of carbonyl (C=O) groups is 3. The third-order valence-electron chi connectivity index (χ3n) is 8.55. The van der Waals surface area contributed by atoms with Crippen LogP contribution in [0.1, 0.15) is 31.8 Å². The minimum absolute atomic E-state index is 0.106. The summed E-state index contributed by atoms with van der Waals surface area (Å²) in [6, 6.07) is 25.4. The summed E-state index contributed by atoms with van der Waals surface area (Å²) in [5.41, 5.74) is 1.31. The number of nitrogens with one attached hydrogen (secondary N) is 1. The van der Waals surface area contributed by atoms with Crippen LogP contribution in [-0.2, 0) is 10.2 Å². The number of benzene rings is 4. The van der Waals surface area contributed by atoms with E-state index in [0.29, 0.717) is 16.8 Å². The zero-order valence-corrected chi connectivity index (χ0v) is 23.5. The smallest absolute Gasteiger partial charge is 0.270 e. The molecule has 8 nitrogen and oxygen atoms in total. The maximum absolute atomic E-state index is 14.7. The number of para-hydroxylation sites is 2. The highest BCUT2D eigenvalue weighted by Crippen LogP contribution is 2.58. The van der Waals surface area contributed by atoms with Gasteiger partial charge in [-0.1, -0.05) is 88.7 Å². The second kappa shape index (κ2) is 9.60. The Kier molecular flexibility index (Phi) is 5.95. The van der Waals surface area contributed by atoms with E-state index in [1.807, 2.05) is 41.3 Å². The van der Waals surface area contributed by atoms with E-state index < -0.39 is 40.0 Å². The summed E-state index contributed by atoms with van der Waals surface area (Å²) >= 11 is 3.43. The van der Waals surface area contributed by atoms with Crippen LogP contribution in [0.15, 0.2) is 108 Å². The molecule has 0 aliphatic carbocycles. The number of anilines is 2. The van der Waals surface area contributed by atoms with Gasteiger partial charge >= 0.3 is 0 Å². The molecule has 4 aromatic rings. The fraction of sp³-hybridized carbons (Fsp3) is 0.121. The summed E-state index contributed by atoms with van der Waals surface area (Å²) in [5.74, 6) is -2.28. The van der Waals surface area contributed by atoms with E-state index in [0.717, 1.165) is 15.7 Å². The quantitative estimate of drug-likeness (QED) is 0.161. The molecule has 4 atom stereocenters. The molecule has 1 N–H and O–H groups in total. The second-order valence-electron chi connectivity index (χ2n) is 10.6. The van der Waals surface area contributed by atoms with Crippen LogP contribution >= 0.6 is 15.9 Å². The van der Waals surface area contributed by atoms with Crippen molar-refractivity contribution >= 4 is 56.5 Å². The molecule has 0 unspecified atom stereocenters. The van der Waals surface area contributed by atoms with Gasteiger partial charge in [0, 0.05) is 39.1 Å². The van der Waals surface area contributed by atoms with Gasteiger partial charge in [0.15, 0.2) is 11.6 Å². The summed E-state index contributed by atoms with van der Waals surface area (Å²) in [5, 5.41) is 14.6. The minimum atomic E-state index is -1.63. The number of hydrogen-bond acceptors (Lipinski definition) is 6. The molecule has 206 valence electrons. The molecule has 1 amide bonds. The molecule has 42 heavy (non-hydrogen) atoms. The monoisotopic (exact) mass is 619 g/mol. The fourth-order valence-corrected chi connectivity index (χ4v) is 7.13. The van der Waals surface area contributed by atoms with Crippen molar-refractivity contribution in [2.45, 2.75) is 17.5 Å². The lowest BCUT2D eigenvalue weighted by atomic mass is 9.63. The Morgan fingerprint density at radius 3 is 2.40 bits per heavy atom. The van der Waals surface area contributed by atoms with Crippen LogP contribution in [0.25, 0.3) is 6.08 Å². The number of rotatable bonds is 5. The lowest BCUT2D eigenvalue weighted by molar-refractivity contribution is -0.384. The Labute approximate surface area is 248 Å². The van der Waals surface area contributed by atoms with Crippen molar-refractivity contribution < 1.29 is 19.3 Å². The number of hydrogen-bond donors (Lipinski definition) is 1. The van der Waals surface area contributed by atoms with Gasteiger partial charge in [0.2, 0.25) is 5.91 Å². The van der Waals surface area contributed by atoms with E-state index in [4.69, 9.17) is 0 Å². The number of Topliss-reactive ketones (excluding diaryl/α,β-unsaturated/α-hetero) is 2. The summed E-state index contributed by atoms with van der Waals surface area (Å²) in [6.07, 6.45) is 3.77. The number of amides is 1. The van der Waals surface area contributed by atoms with Crippen LogP contribution in [0.2, 0.25) is 0 Å². The Hall–Kier alpha value is -4.89. The van der Waals surface area contributed by atoms with E-state index in [9.17, 15) is 24.5 Å². The molecule has 0 saturated carbocycles. The van der Waals surface area contributed by atoms with Crippen LogP contribution in [0.5, 0.6) is 0 Å². The largest absolute Gasteiger partial charge is 0.352 e. The minimum Gasteiger partial charge on any atom is -0.352 e. The molecule has 1 saturated heterocycles. The van der Waals surface area contributed by atoms with Gasteiger partial charge in [-0.2, -0.15) is 0 Å². The van der Waals surface area contributed by atoms with Gasteiger partial charge in [-0.3, -0.25) is 24.5 Å². The predicted molar refractivity (Wildman–Crippen MR) is 162 cm³/mol. The number of fused-ring (bicyclic) bond motifs is 5. The summed E-state index contributed by atoms with van der Waals surface area (Å²) in [6.45, 7) is 0. The van der Waals surface area contributed by atoms with E-state index >= 15 is 0 Å². The molecule has 1 fully saturated rings. The summed E-state index contributed by atoms with van der Waals surface area (Å²) in [4.78, 5) is 56.8. The number of halogens is 1. The highest BCUT2D eigenvalue weighted by atomic mass is 79.9. The van der Waals surface area contributed by atoms with Crippen LogP contribution in [0, 0.1) is 16.0 Å². The Bertz CT molecular complexity index is 1850. The molecule has 7 rings (SSSR count). The fourth-order valence-electron chi connectivity index (χ4n) is 6.86. The maximum atomic E-state index is 14.7. The van der Waals surface area contributed by atoms with Crippen molar-refractivity contribution in [3.05, 3.63) is 140 Å². The lowest BCUT2D eigenvalue weighted by Crippen LogP contribution is -2.55. The maximum Gasteiger partial charge on any atom is 0.270 e. The van der Waals surface area contributed by atoms with Crippen molar-refractivity contribution in [2.75, 3.05) is 10.2 Å². The molecule has 0 aromatic heterocycles. The van der Waals surface area contributed by atoms with Crippen molar-refractivity contribution in [1.29, 1.82) is 0 Å². The number of nitrogens with zero attached hydrogens (tertiary/aromatic N) is 2.